The van der Waals surface area contributed by atoms with Gasteiger partial charge in [0.05, 0.1) is 19.6 Å². The summed E-state index contributed by atoms with van der Waals surface area (Å²) in [5.74, 6) is 1.03. The maximum Gasteiger partial charge on any atom is 0.325 e. The molecule has 24 heavy (non-hydrogen) atoms. The van der Waals surface area contributed by atoms with E-state index in [-0.39, 0.29) is 6.03 Å². The monoisotopic (exact) mass is 384 g/mol. The molecule has 2 amide bonds. The molecule has 0 spiro atoms. The Bertz CT molecular complexity index is 673. The summed E-state index contributed by atoms with van der Waals surface area (Å²) in [6.07, 6.45) is 2.69. The number of anilines is 2. The van der Waals surface area contributed by atoms with Crippen LogP contribution < -0.4 is 15.5 Å². The first-order valence-corrected chi connectivity index (χ1v) is 10.0. The lowest BCUT2D eigenvalue weighted by atomic mass is 10.3. The summed E-state index contributed by atoms with van der Waals surface area (Å²) in [5.41, 5.74) is 0.671. The second-order valence-corrected chi connectivity index (χ2v) is 8.27. The Morgan fingerprint density at radius 3 is 2.71 bits per heavy atom. The summed E-state index contributed by atoms with van der Waals surface area (Å²) in [5, 5.41) is 14.7. The van der Waals surface area contributed by atoms with E-state index in [0.29, 0.717) is 15.8 Å². The minimum Gasteiger partial charge on any atom is -0.334 e. The molecule has 1 saturated heterocycles. The number of nitrogens with zero attached hydrogens (tertiary/aromatic N) is 2. The van der Waals surface area contributed by atoms with Crippen LogP contribution in [0.4, 0.5) is 15.6 Å². The van der Waals surface area contributed by atoms with Gasteiger partial charge in [0.15, 0.2) is 4.34 Å². The zero-order valence-electron chi connectivity index (χ0n) is 13.0. The summed E-state index contributed by atoms with van der Waals surface area (Å²) in [7, 11) is 0. The van der Waals surface area contributed by atoms with Gasteiger partial charge in [0, 0.05) is 29.3 Å². The first-order valence-electron chi connectivity index (χ1n) is 7.82. The highest BCUT2D eigenvalue weighted by molar-refractivity contribution is 8.01. The van der Waals surface area contributed by atoms with Crippen molar-refractivity contribution in [2.75, 3.05) is 36.0 Å². The van der Waals surface area contributed by atoms with E-state index in [4.69, 9.17) is 11.6 Å². The van der Waals surface area contributed by atoms with Crippen molar-refractivity contribution < 1.29 is 9.69 Å². The number of hydrogen-bond acceptors (Lipinski definition) is 5. The Hall–Kier alpha value is -1.35. The lowest BCUT2D eigenvalue weighted by Gasteiger charge is -2.10. The van der Waals surface area contributed by atoms with Crippen LogP contribution in [0.5, 0.6) is 0 Å². The van der Waals surface area contributed by atoms with Crippen LogP contribution in [-0.2, 0) is 0 Å². The predicted molar refractivity (Wildman–Crippen MR) is 99.5 cm³/mol. The molecule has 1 fully saturated rings. The van der Waals surface area contributed by atoms with Gasteiger partial charge in [-0.3, -0.25) is 5.32 Å². The molecule has 6 nitrogen and oxygen atoms in total. The van der Waals surface area contributed by atoms with Gasteiger partial charge in [0.25, 0.3) is 0 Å². The van der Waals surface area contributed by atoms with Gasteiger partial charge in [-0.25, -0.2) is 4.79 Å². The Morgan fingerprint density at radius 1 is 1.21 bits per heavy atom. The highest BCUT2D eigenvalue weighted by atomic mass is 35.5. The standard InChI is InChI=1S/C15H18ClN5OS2/c16-11-3-5-12(6-4-11)17-13(22)18-14-19-20-15(24-14)23-10-9-21-7-1-2-8-21/h3-6H,1-2,7-10H2,(H2,17,18,19,22)/p+1. The van der Waals surface area contributed by atoms with E-state index in [9.17, 15) is 4.79 Å². The molecule has 2 aromatic rings. The number of benzene rings is 1. The molecule has 9 heteroatoms. The van der Waals surface area contributed by atoms with Gasteiger partial charge in [0.2, 0.25) is 5.13 Å². The lowest BCUT2D eigenvalue weighted by Crippen LogP contribution is -3.10. The number of likely N-dealkylation sites (tertiary alicyclic amines) is 1. The molecule has 3 rings (SSSR count). The molecule has 0 bridgehead atoms. The van der Waals surface area contributed by atoms with Gasteiger partial charge in [-0.15, -0.1) is 10.2 Å². The van der Waals surface area contributed by atoms with Crippen LogP contribution in [0.15, 0.2) is 28.6 Å². The molecule has 0 atom stereocenters. The van der Waals surface area contributed by atoms with E-state index in [1.165, 1.54) is 37.3 Å². The van der Waals surface area contributed by atoms with Gasteiger partial charge in [-0.05, 0) is 24.3 Å². The Kier molecular flexibility index (Phi) is 6.30. The maximum atomic E-state index is 11.9. The molecule has 2 heterocycles. The minimum atomic E-state index is -0.341. The SMILES string of the molecule is O=C(Nc1ccc(Cl)cc1)Nc1nnc(SCC[NH+]2CCCC2)s1. The highest BCUT2D eigenvalue weighted by Crippen LogP contribution is 2.25. The molecule has 1 aromatic carbocycles. The first-order chi connectivity index (χ1) is 11.7. The minimum absolute atomic E-state index is 0.341. The van der Waals surface area contributed by atoms with Crippen molar-refractivity contribution in [3.05, 3.63) is 29.3 Å². The fourth-order valence-corrected chi connectivity index (χ4v) is 4.50. The van der Waals surface area contributed by atoms with Crippen molar-refractivity contribution in [2.24, 2.45) is 0 Å². The van der Waals surface area contributed by atoms with Crippen molar-refractivity contribution in [1.29, 1.82) is 0 Å². The highest BCUT2D eigenvalue weighted by Gasteiger charge is 2.15. The number of halogens is 1. The second-order valence-electron chi connectivity index (χ2n) is 5.51. The fraction of sp³-hybridized carbons (Fsp3) is 0.400. The van der Waals surface area contributed by atoms with Crippen LogP contribution in [-0.4, -0.2) is 41.6 Å². The van der Waals surface area contributed by atoms with Gasteiger partial charge < -0.3 is 10.2 Å². The number of amides is 2. The number of nitrogens with one attached hydrogen (secondary N) is 3. The summed E-state index contributed by atoms with van der Waals surface area (Å²) >= 11 is 8.91. The Balaban J connectivity index is 1.42. The summed E-state index contributed by atoms with van der Waals surface area (Å²) in [4.78, 5) is 13.6. The fourth-order valence-electron chi connectivity index (χ4n) is 2.52. The van der Waals surface area contributed by atoms with Crippen LogP contribution >= 0.6 is 34.7 Å². The number of rotatable bonds is 6. The predicted octanol–water partition coefficient (Wildman–Crippen LogP) is 2.61. The van der Waals surface area contributed by atoms with Gasteiger partial charge >= 0.3 is 6.03 Å². The Labute approximate surface area is 154 Å². The molecule has 0 unspecified atom stereocenters. The van der Waals surface area contributed by atoms with E-state index in [1.807, 2.05) is 0 Å². The number of hydrogen-bond donors (Lipinski definition) is 3. The summed E-state index contributed by atoms with van der Waals surface area (Å²) in [6, 6.07) is 6.58. The molecule has 0 radical (unpaired) electrons. The van der Waals surface area contributed by atoms with Crippen molar-refractivity contribution in [2.45, 2.75) is 17.2 Å². The molecule has 0 aliphatic carbocycles. The van der Waals surface area contributed by atoms with E-state index >= 15 is 0 Å². The van der Waals surface area contributed by atoms with Crippen LogP contribution in [0.2, 0.25) is 5.02 Å². The zero-order valence-corrected chi connectivity index (χ0v) is 15.4. The van der Waals surface area contributed by atoms with E-state index in [2.05, 4.69) is 20.8 Å². The quantitative estimate of drug-likeness (QED) is 0.529. The number of thioether (sulfide) groups is 1. The van der Waals surface area contributed by atoms with Gasteiger partial charge in [0.1, 0.15) is 0 Å². The Morgan fingerprint density at radius 2 is 1.96 bits per heavy atom. The average molecular weight is 385 g/mol. The zero-order chi connectivity index (χ0) is 16.8. The number of quaternary nitrogens is 1. The summed E-state index contributed by atoms with van der Waals surface area (Å²) < 4.78 is 0.885. The average Bonchev–Trinajstić information content (AvgIpc) is 3.22. The van der Waals surface area contributed by atoms with E-state index < -0.39 is 0 Å². The largest absolute Gasteiger partial charge is 0.334 e. The van der Waals surface area contributed by atoms with Crippen LogP contribution in [0.3, 0.4) is 0 Å². The van der Waals surface area contributed by atoms with E-state index in [1.54, 1.807) is 40.9 Å². The molecule has 3 N–H and O–H groups in total. The second kappa shape index (κ2) is 8.66. The van der Waals surface area contributed by atoms with E-state index in [0.717, 1.165) is 16.6 Å². The van der Waals surface area contributed by atoms with Crippen molar-refractivity contribution in [1.82, 2.24) is 10.2 Å². The maximum absolute atomic E-state index is 11.9. The molecule has 1 aliphatic heterocycles. The van der Waals surface area contributed by atoms with Crippen molar-refractivity contribution in [3.8, 4) is 0 Å². The third-order valence-electron chi connectivity index (χ3n) is 3.72. The number of aromatic nitrogens is 2. The smallest absolute Gasteiger partial charge is 0.325 e. The number of carbonyl (C=O) groups is 1. The lowest BCUT2D eigenvalue weighted by molar-refractivity contribution is -0.884. The first kappa shape index (κ1) is 17.5. The number of carbonyl (C=O) groups excluding carboxylic acids is 1. The topological polar surface area (TPSA) is 71.3 Å². The van der Waals surface area contributed by atoms with Crippen LogP contribution in [0.25, 0.3) is 0 Å². The van der Waals surface area contributed by atoms with Crippen LogP contribution in [0, 0.1) is 0 Å². The van der Waals surface area contributed by atoms with Gasteiger partial charge in [-0.1, -0.05) is 34.7 Å². The van der Waals surface area contributed by atoms with Crippen LogP contribution in [0.1, 0.15) is 12.8 Å². The molecular weight excluding hydrogens is 366 g/mol. The molecular formula is C15H19ClN5OS2+. The third kappa shape index (κ3) is 5.34. The molecule has 128 valence electrons. The normalized spacial score (nSPS) is 14.7. The van der Waals surface area contributed by atoms with Crippen molar-refractivity contribution >= 4 is 51.5 Å². The van der Waals surface area contributed by atoms with Crippen molar-refractivity contribution in [3.63, 3.8) is 0 Å². The molecule has 1 aromatic heterocycles. The van der Waals surface area contributed by atoms with Gasteiger partial charge in [-0.2, -0.15) is 0 Å². The molecule has 1 aliphatic rings. The molecule has 0 saturated carbocycles. The summed E-state index contributed by atoms with van der Waals surface area (Å²) in [6.45, 7) is 3.73. The number of urea groups is 1. The third-order valence-corrected chi connectivity index (χ3v) is 5.95.